The van der Waals surface area contributed by atoms with Crippen molar-refractivity contribution in [2.24, 2.45) is 5.92 Å². The Balaban J connectivity index is 2.46. The van der Waals surface area contributed by atoms with Crippen LogP contribution in [0.25, 0.3) is 10.8 Å². The van der Waals surface area contributed by atoms with Crippen LogP contribution in [0.15, 0.2) is 29.1 Å². The van der Waals surface area contributed by atoms with E-state index in [2.05, 4.69) is 10.4 Å². The van der Waals surface area contributed by atoms with E-state index in [0.29, 0.717) is 10.8 Å². The van der Waals surface area contributed by atoms with Gasteiger partial charge in [0.15, 0.2) is 5.69 Å². The van der Waals surface area contributed by atoms with Crippen molar-refractivity contribution in [1.29, 1.82) is 0 Å². The lowest BCUT2D eigenvalue weighted by molar-refractivity contribution is 0.0142. The van der Waals surface area contributed by atoms with Gasteiger partial charge in [-0.25, -0.2) is 4.68 Å². The lowest BCUT2D eigenvalue weighted by Gasteiger charge is -2.27. The first-order valence-corrected chi connectivity index (χ1v) is 8.17. The Hall–Kier alpha value is -2.21. The second-order valence-corrected chi connectivity index (χ2v) is 6.93. The quantitative estimate of drug-likeness (QED) is 0.879. The number of fused-ring (bicyclic) bond motifs is 1. The number of amides is 1. The van der Waals surface area contributed by atoms with E-state index < -0.39 is 11.5 Å². The smallest absolute Gasteiger partial charge is 0.274 e. The van der Waals surface area contributed by atoms with Gasteiger partial charge in [0.2, 0.25) is 0 Å². The van der Waals surface area contributed by atoms with E-state index in [1.807, 2.05) is 27.7 Å². The highest BCUT2D eigenvalue weighted by Crippen LogP contribution is 2.17. The highest BCUT2D eigenvalue weighted by Gasteiger charge is 2.26. The fraction of sp³-hybridized carbons (Fsp3) is 0.500. The maximum Gasteiger partial charge on any atom is 0.274 e. The number of carbonyl (C=O) groups excluding carboxylic acids is 1. The van der Waals surface area contributed by atoms with E-state index in [-0.39, 0.29) is 29.8 Å². The summed E-state index contributed by atoms with van der Waals surface area (Å²) < 4.78 is 1.32. The molecule has 1 amide bonds. The normalized spacial score (nSPS) is 14.2. The SMILES string of the molecule is CC(C)n1nc(C(=O)NCC(C)(O)C(C)C)c2ccccc2c1=O. The van der Waals surface area contributed by atoms with Crippen LogP contribution in [0.3, 0.4) is 0 Å². The van der Waals surface area contributed by atoms with E-state index in [1.165, 1.54) is 4.68 Å². The number of hydrogen-bond donors (Lipinski definition) is 2. The molecule has 6 nitrogen and oxygen atoms in total. The van der Waals surface area contributed by atoms with Crippen LogP contribution in [-0.4, -0.2) is 32.9 Å². The number of nitrogens with one attached hydrogen (secondary N) is 1. The maximum absolute atomic E-state index is 12.6. The standard InChI is InChI=1S/C18H25N3O3/c1-11(2)18(5,24)10-19-16(22)15-13-8-6-7-9-14(13)17(23)21(20-15)12(3)4/h6-9,11-12,24H,10H2,1-5H3,(H,19,22). The maximum atomic E-state index is 12.6. The van der Waals surface area contributed by atoms with Crippen LogP contribution in [0.2, 0.25) is 0 Å². The number of rotatable bonds is 5. The van der Waals surface area contributed by atoms with Gasteiger partial charge in [-0.2, -0.15) is 5.10 Å². The third-order valence-corrected chi connectivity index (χ3v) is 4.38. The van der Waals surface area contributed by atoms with Crippen molar-refractivity contribution in [1.82, 2.24) is 15.1 Å². The Morgan fingerprint density at radius 2 is 1.83 bits per heavy atom. The zero-order valence-electron chi connectivity index (χ0n) is 14.8. The summed E-state index contributed by atoms with van der Waals surface area (Å²) in [7, 11) is 0. The summed E-state index contributed by atoms with van der Waals surface area (Å²) >= 11 is 0. The van der Waals surface area contributed by atoms with Crippen molar-refractivity contribution >= 4 is 16.7 Å². The summed E-state index contributed by atoms with van der Waals surface area (Å²) in [6, 6.07) is 6.78. The molecular formula is C18H25N3O3. The number of aromatic nitrogens is 2. The van der Waals surface area contributed by atoms with E-state index >= 15 is 0 Å². The van der Waals surface area contributed by atoms with Crippen LogP contribution >= 0.6 is 0 Å². The molecule has 1 atom stereocenters. The Labute approximate surface area is 141 Å². The molecule has 1 aromatic carbocycles. The molecular weight excluding hydrogens is 306 g/mol. The molecule has 0 aliphatic rings. The molecule has 1 aromatic heterocycles. The van der Waals surface area contributed by atoms with Gasteiger partial charge in [0.05, 0.1) is 17.0 Å². The monoisotopic (exact) mass is 331 g/mol. The van der Waals surface area contributed by atoms with Gasteiger partial charge in [-0.1, -0.05) is 32.0 Å². The van der Waals surface area contributed by atoms with Gasteiger partial charge in [0.25, 0.3) is 11.5 Å². The Morgan fingerprint density at radius 3 is 2.38 bits per heavy atom. The van der Waals surface area contributed by atoms with Crippen LogP contribution in [0.1, 0.15) is 51.1 Å². The van der Waals surface area contributed by atoms with Gasteiger partial charge in [0, 0.05) is 11.9 Å². The Bertz CT molecular complexity index is 807. The second kappa shape index (κ2) is 6.73. The Kier molecular flexibility index (Phi) is 5.08. The molecule has 0 bridgehead atoms. The van der Waals surface area contributed by atoms with Crippen molar-refractivity contribution in [3.8, 4) is 0 Å². The first kappa shape index (κ1) is 18.1. The minimum atomic E-state index is -1.02. The Morgan fingerprint density at radius 1 is 1.25 bits per heavy atom. The van der Waals surface area contributed by atoms with Crippen LogP contribution < -0.4 is 10.9 Å². The number of aliphatic hydroxyl groups is 1. The number of carbonyl (C=O) groups is 1. The number of benzene rings is 1. The van der Waals surface area contributed by atoms with E-state index in [0.717, 1.165) is 0 Å². The largest absolute Gasteiger partial charge is 0.388 e. The van der Waals surface area contributed by atoms with Gasteiger partial charge < -0.3 is 10.4 Å². The van der Waals surface area contributed by atoms with Crippen molar-refractivity contribution < 1.29 is 9.90 Å². The highest BCUT2D eigenvalue weighted by molar-refractivity contribution is 6.04. The zero-order valence-corrected chi connectivity index (χ0v) is 14.8. The topological polar surface area (TPSA) is 84.2 Å². The molecule has 0 saturated carbocycles. The molecule has 0 fully saturated rings. The van der Waals surface area contributed by atoms with Gasteiger partial charge in [-0.3, -0.25) is 9.59 Å². The fourth-order valence-electron chi connectivity index (χ4n) is 2.27. The summed E-state index contributed by atoms with van der Waals surface area (Å²) in [5.41, 5.74) is -1.04. The van der Waals surface area contributed by atoms with E-state index in [9.17, 15) is 14.7 Å². The predicted octanol–water partition coefficient (Wildman–Crippen LogP) is 2.11. The average Bonchev–Trinajstić information content (AvgIpc) is 2.52. The molecule has 24 heavy (non-hydrogen) atoms. The second-order valence-electron chi connectivity index (χ2n) is 6.93. The molecule has 2 rings (SSSR count). The van der Waals surface area contributed by atoms with Crippen molar-refractivity contribution in [2.45, 2.75) is 46.3 Å². The third kappa shape index (κ3) is 3.48. The molecule has 0 radical (unpaired) electrons. The summed E-state index contributed by atoms with van der Waals surface area (Å²) in [5.74, 6) is -0.409. The predicted molar refractivity (Wildman–Crippen MR) is 94.2 cm³/mol. The molecule has 130 valence electrons. The van der Waals surface area contributed by atoms with Gasteiger partial charge >= 0.3 is 0 Å². The van der Waals surface area contributed by atoms with E-state index in [1.54, 1.807) is 31.2 Å². The van der Waals surface area contributed by atoms with Crippen LogP contribution in [-0.2, 0) is 0 Å². The van der Waals surface area contributed by atoms with Crippen LogP contribution in [0, 0.1) is 5.92 Å². The zero-order chi connectivity index (χ0) is 18.1. The van der Waals surface area contributed by atoms with Crippen LogP contribution in [0.5, 0.6) is 0 Å². The number of nitrogens with zero attached hydrogens (tertiary/aromatic N) is 2. The molecule has 0 saturated heterocycles. The molecule has 2 N–H and O–H groups in total. The first-order chi connectivity index (χ1) is 11.1. The number of hydrogen-bond acceptors (Lipinski definition) is 4. The molecule has 2 aromatic rings. The molecule has 0 aliphatic heterocycles. The summed E-state index contributed by atoms with van der Waals surface area (Å²) in [6.45, 7) is 9.25. The van der Waals surface area contributed by atoms with Gasteiger partial charge in [-0.05, 0) is 32.8 Å². The molecule has 1 unspecified atom stereocenters. The average molecular weight is 331 g/mol. The molecule has 0 aliphatic carbocycles. The van der Waals surface area contributed by atoms with Crippen molar-refractivity contribution in [3.63, 3.8) is 0 Å². The highest BCUT2D eigenvalue weighted by atomic mass is 16.3. The van der Waals surface area contributed by atoms with Crippen LogP contribution in [0.4, 0.5) is 0 Å². The lowest BCUT2D eigenvalue weighted by atomic mass is 9.92. The molecule has 1 heterocycles. The van der Waals surface area contributed by atoms with Gasteiger partial charge in [-0.15, -0.1) is 0 Å². The van der Waals surface area contributed by atoms with Crippen molar-refractivity contribution in [3.05, 3.63) is 40.3 Å². The minimum Gasteiger partial charge on any atom is -0.388 e. The summed E-state index contributed by atoms with van der Waals surface area (Å²) in [5, 5.41) is 18.3. The first-order valence-electron chi connectivity index (χ1n) is 8.17. The summed E-state index contributed by atoms with van der Waals surface area (Å²) in [4.78, 5) is 25.1. The van der Waals surface area contributed by atoms with E-state index in [4.69, 9.17) is 0 Å². The van der Waals surface area contributed by atoms with Gasteiger partial charge in [0.1, 0.15) is 0 Å². The lowest BCUT2D eigenvalue weighted by Crippen LogP contribution is -2.44. The molecule has 6 heteroatoms. The van der Waals surface area contributed by atoms with Crippen molar-refractivity contribution in [2.75, 3.05) is 6.54 Å². The fourth-order valence-corrected chi connectivity index (χ4v) is 2.27. The third-order valence-electron chi connectivity index (χ3n) is 4.38. The summed E-state index contributed by atoms with van der Waals surface area (Å²) in [6.07, 6.45) is 0. The minimum absolute atomic E-state index is 0.00730. The molecule has 0 spiro atoms.